The molecule has 2 nitrogen and oxygen atoms in total. The molecule has 3 atom stereocenters. The van der Waals surface area contributed by atoms with Crippen molar-refractivity contribution in [3.8, 4) is 0 Å². The summed E-state index contributed by atoms with van der Waals surface area (Å²) in [5.41, 5.74) is 5.38. The molecule has 66 valence electrons. The standard InChI is InChI=1S/C7H14F2N2/c1-2-11-3-5(8)7(9)6(10)4-11/h5-7H,2-4,10H2,1H3. The van der Waals surface area contributed by atoms with Crippen LogP contribution >= 0.6 is 0 Å². The summed E-state index contributed by atoms with van der Waals surface area (Å²) in [5.74, 6) is 0. The van der Waals surface area contributed by atoms with Crippen molar-refractivity contribution in [2.75, 3.05) is 19.6 Å². The van der Waals surface area contributed by atoms with Crippen molar-refractivity contribution in [3.05, 3.63) is 0 Å². The average molecular weight is 164 g/mol. The van der Waals surface area contributed by atoms with Gasteiger partial charge in [-0.2, -0.15) is 0 Å². The first kappa shape index (κ1) is 8.87. The van der Waals surface area contributed by atoms with E-state index in [4.69, 9.17) is 5.73 Å². The zero-order valence-electron chi connectivity index (χ0n) is 6.63. The van der Waals surface area contributed by atoms with Crippen molar-refractivity contribution in [3.63, 3.8) is 0 Å². The fourth-order valence-electron chi connectivity index (χ4n) is 1.35. The van der Waals surface area contributed by atoms with Crippen molar-refractivity contribution < 1.29 is 8.78 Å². The van der Waals surface area contributed by atoms with E-state index in [1.165, 1.54) is 0 Å². The predicted molar refractivity (Wildman–Crippen MR) is 39.9 cm³/mol. The highest BCUT2D eigenvalue weighted by Crippen LogP contribution is 2.15. The van der Waals surface area contributed by atoms with E-state index in [1.807, 2.05) is 11.8 Å². The first-order valence-corrected chi connectivity index (χ1v) is 3.91. The van der Waals surface area contributed by atoms with E-state index in [9.17, 15) is 8.78 Å². The minimum absolute atomic E-state index is 0.186. The third kappa shape index (κ3) is 1.87. The summed E-state index contributed by atoms with van der Waals surface area (Å²) in [6.07, 6.45) is -2.88. The lowest BCUT2D eigenvalue weighted by Gasteiger charge is -2.34. The van der Waals surface area contributed by atoms with E-state index in [2.05, 4.69) is 0 Å². The van der Waals surface area contributed by atoms with E-state index in [-0.39, 0.29) is 6.54 Å². The largest absolute Gasteiger partial charge is 0.324 e. The maximum Gasteiger partial charge on any atom is 0.149 e. The Bertz CT molecular complexity index is 120. The first-order valence-electron chi connectivity index (χ1n) is 3.91. The summed E-state index contributed by atoms with van der Waals surface area (Å²) in [5, 5.41) is 0. The van der Waals surface area contributed by atoms with Gasteiger partial charge in [0.05, 0.1) is 6.04 Å². The van der Waals surface area contributed by atoms with Crippen LogP contribution in [-0.4, -0.2) is 42.9 Å². The Balaban J connectivity index is 2.47. The van der Waals surface area contributed by atoms with Crippen LogP contribution in [0.3, 0.4) is 0 Å². The smallest absolute Gasteiger partial charge is 0.149 e. The Morgan fingerprint density at radius 1 is 1.45 bits per heavy atom. The molecule has 0 radical (unpaired) electrons. The van der Waals surface area contributed by atoms with Gasteiger partial charge in [0.15, 0.2) is 0 Å². The minimum Gasteiger partial charge on any atom is -0.324 e. The molecule has 1 aliphatic rings. The second kappa shape index (κ2) is 3.45. The number of rotatable bonds is 1. The maximum atomic E-state index is 12.8. The molecule has 0 amide bonds. The molecule has 0 saturated carbocycles. The van der Waals surface area contributed by atoms with E-state index < -0.39 is 18.4 Å². The number of halogens is 2. The highest BCUT2D eigenvalue weighted by atomic mass is 19.2. The molecule has 1 aliphatic heterocycles. The van der Waals surface area contributed by atoms with Gasteiger partial charge in [0, 0.05) is 13.1 Å². The Labute approximate surface area is 65.4 Å². The van der Waals surface area contributed by atoms with Crippen molar-refractivity contribution in [2.24, 2.45) is 5.73 Å². The highest BCUT2D eigenvalue weighted by Gasteiger charge is 2.34. The van der Waals surface area contributed by atoms with Gasteiger partial charge in [-0.1, -0.05) is 6.92 Å². The molecule has 0 aromatic rings. The molecular formula is C7H14F2N2. The molecule has 0 bridgehead atoms. The van der Waals surface area contributed by atoms with E-state index in [1.54, 1.807) is 0 Å². The van der Waals surface area contributed by atoms with Gasteiger partial charge in [-0.15, -0.1) is 0 Å². The molecule has 0 spiro atoms. The van der Waals surface area contributed by atoms with E-state index >= 15 is 0 Å². The number of hydrogen-bond acceptors (Lipinski definition) is 2. The fraction of sp³-hybridized carbons (Fsp3) is 1.00. The molecule has 1 fully saturated rings. The number of likely N-dealkylation sites (N-methyl/N-ethyl adjacent to an activating group) is 1. The van der Waals surface area contributed by atoms with E-state index in [0.717, 1.165) is 6.54 Å². The lowest BCUT2D eigenvalue weighted by molar-refractivity contribution is 0.0458. The van der Waals surface area contributed by atoms with Gasteiger partial charge in [-0.3, -0.25) is 4.90 Å². The van der Waals surface area contributed by atoms with Gasteiger partial charge in [0.2, 0.25) is 0 Å². The van der Waals surface area contributed by atoms with Crippen LogP contribution in [0.25, 0.3) is 0 Å². The third-order valence-corrected chi connectivity index (χ3v) is 2.10. The fourth-order valence-corrected chi connectivity index (χ4v) is 1.35. The molecule has 1 rings (SSSR count). The number of nitrogens with zero attached hydrogens (tertiary/aromatic N) is 1. The lowest BCUT2D eigenvalue weighted by atomic mass is 10.0. The van der Waals surface area contributed by atoms with Gasteiger partial charge >= 0.3 is 0 Å². The molecule has 2 N–H and O–H groups in total. The molecule has 3 unspecified atom stereocenters. The van der Waals surface area contributed by atoms with Crippen LogP contribution in [0.4, 0.5) is 8.78 Å². The van der Waals surface area contributed by atoms with Gasteiger partial charge < -0.3 is 5.73 Å². The zero-order chi connectivity index (χ0) is 8.43. The predicted octanol–water partition coefficient (Wildman–Crippen LogP) is 0.325. The van der Waals surface area contributed by atoms with Crippen LogP contribution in [0, 0.1) is 0 Å². The Morgan fingerprint density at radius 2 is 2.09 bits per heavy atom. The first-order chi connectivity index (χ1) is 5.15. The third-order valence-electron chi connectivity index (χ3n) is 2.10. The molecule has 4 heteroatoms. The summed E-state index contributed by atoms with van der Waals surface area (Å²) >= 11 is 0. The topological polar surface area (TPSA) is 29.3 Å². The Hall–Kier alpha value is -0.220. The number of nitrogens with two attached hydrogens (primary N) is 1. The van der Waals surface area contributed by atoms with Crippen LogP contribution in [0.5, 0.6) is 0 Å². The number of piperidine rings is 1. The van der Waals surface area contributed by atoms with Crippen LogP contribution in [-0.2, 0) is 0 Å². The molecule has 11 heavy (non-hydrogen) atoms. The summed E-state index contributed by atoms with van der Waals surface area (Å²) in [7, 11) is 0. The number of alkyl halides is 2. The SMILES string of the molecule is CCN1CC(N)C(F)C(F)C1. The van der Waals surface area contributed by atoms with Crippen molar-refractivity contribution >= 4 is 0 Å². The van der Waals surface area contributed by atoms with Gasteiger partial charge in [-0.25, -0.2) is 8.78 Å². The van der Waals surface area contributed by atoms with Gasteiger partial charge in [0.1, 0.15) is 12.3 Å². The molecule has 0 aromatic carbocycles. The monoisotopic (exact) mass is 164 g/mol. The highest BCUT2D eigenvalue weighted by molar-refractivity contribution is 4.89. The molecule has 0 aliphatic carbocycles. The molecule has 1 heterocycles. The zero-order valence-corrected chi connectivity index (χ0v) is 6.63. The van der Waals surface area contributed by atoms with Crippen LogP contribution < -0.4 is 5.73 Å². The molecular weight excluding hydrogens is 150 g/mol. The van der Waals surface area contributed by atoms with E-state index in [0.29, 0.717) is 6.54 Å². The Kier molecular flexibility index (Phi) is 2.78. The lowest BCUT2D eigenvalue weighted by Crippen LogP contribution is -2.55. The van der Waals surface area contributed by atoms with Gasteiger partial charge in [0.25, 0.3) is 0 Å². The van der Waals surface area contributed by atoms with Crippen LogP contribution in [0.15, 0.2) is 0 Å². The quantitative estimate of drug-likeness (QED) is 0.605. The summed E-state index contributed by atoms with van der Waals surface area (Å²) in [6, 6.07) is -0.654. The average Bonchev–Trinajstić information content (AvgIpc) is 1.99. The Morgan fingerprint density at radius 3 is 2.55 bits per heavy atom. The molecule has 1 saturated heterocycles. The van der Waals surface area contributed by atoms with Crippen LogP contribution in [0.1, 0.15) is 6.92 Å². The van der Waals surface area contributed by atoms with Crippen LogP contribution in [0.2, 0.25) is 0 Å². The minimum atomic E-state index is -1.47. The second-order valence-electron chi connectivity index (χ2n) is 2.98. The number of hydrogen-bond donors (Lipinski definition) is 1. The number of likely N-dealkylation sites (tertiary alicyclic amines) is 1. The van der Waals surface area contributed by atoms with Crippen molar-refractivity contribution in [1.29, 1.82) is 0 Å². The van der Waals surface area contributed by atoms with Crippen molar-refractivity contribution in [2.45, 2.75) is 25.3 Å². The summed E-state index contributed by atoms with van der Waals surface area (Å²) in [6.45, 7) is 3.31. The van der Waals surface area contributed by atoms with Gasteiger partial charge in [-0.05, 0) is 6.54 Å². The summed E-state index contributed by atoms with van der Waals surface area (Å²) < 4.78 is 25.5. The van der Waals surface area contributed by atoms with Crippen molar-refractivity contribution in [1.82, 2.24) is 4.90 Å². The normalized spacial score (nSPS) is 40.9. The molecule has 0 aromatic heterocycles. The maximum absolute atomic E-state index is 12.8. The second-order valence-corrected chi connectivity index (χ2v) is 2.98. The summed E-state index contributed by atoms with van der Waals surface area (Å²) in [4.78, 5) is 1.82.